The molecule has 0 aliphatic carbocycles. The highest BCUT2D eigenvalue weighted by Gasteiger charge is 2.12. The minimum absolute atomic E-state index is 0.161. The van der Waals surface area contributed by atoms with Crippen molar-refractivity contribution < 1.29 is 17.9 Å². The van der Waals surface area contributed by atoms with Gasteiger partial charge in [0, 0.05) is 23.9 Å². The Balaban J connectivity index is 2.02. The number of benzene rings is 2. The number of rotatable bonds is 8. The molecule has 0 fully saturated rings. The minimum Gasteiger partial charge on any atom is -0.496 e. The molecule has 0 atom stereocenters. The van der Waals surface area contributed by atoms with E-state index in [-0.39, 0.29) is 10.8 Å². The van der Waals surface area contributed by atoms with E-state index in [2.05, 4.69) is 10.0 Å². The summed E-state index contributed by atoms with van der Waals surface area (Å²) in [6.45, 7) is 2.27. The van der Waals surface area contributed by atoms with Gasteiger partial charge in [0.15, 0.2) is 0 Å². The number of amides is 1. The Morgan fingerprint density at radius 2 is 1.81 bits per heavy atom. The number of nitrogens with one attached hydrogen (secondary N) is 2. The summed E-state index contributed by atoms with van der Waals surface area (Å²) in [6.07, 6.45) is 3.76. The van der Waals surface area contributed by atoms with Crippen molar-refractivity contribution in [3.05, 3.63) is 60.2 Å². The molecule has 26 heavy (non-hydrogen) atoms. The number of sulfonamides is 1. The Labute approximate surface area is 153 Å². The van der Waals surface area contributed by atoms with Gasteiger partial charge in [0.1, 0.15) is 5.75 Å². The molecule has 2 N–H and O–H groups in total. The lowest BCUT2D eigenvalue weighted by molar-refractivity contribution is -0.111. The molecule has 0 aliphatic rings. The summed E-state index contributed by atoms with van der Waals surface area (Å²) in [5.41, 5.74) is 1.29. The number of carbonyl (C=O) groups excluding carboxylic acids is 1. The quantitative estimate of drug-likeness (QED) is 0.696. The van der Waals surface area contributed by atoms with Gasteiger partial charge < -0.3 is 10.1 Å². The van der Waals surface area contributed by atoms with Gasteiger partial charge in [-0.2, -0.15) is 0 Å². The molecule has 0 aliphatic heterocycles. The predicted molar refractivity (Wildman–Crippen MR) is 103 cm³/mol. The Kier molecular flexibility index (Phi) is 6.94. The molecule has 0 saturated carbocycles. The van der Waals surface area contributed by atoms with Crippen LogP contribution in [0.25, 0.3) is 6.08 Å². The van der Waals surface area contributed by atoms with E-state index in [1.807, 2.05) is 31.2 Å². The molecule has 2 rings (SSSR count). The van der Waals surface area contributed by atoms with Gasteiger partial charge in [-0.05, 0) is 42.8 Å². The van der Waals surface area contributed by atoms with Crippen molar-refractivity contribution in [1.82, 2.24) is 4.72 Å². The van der Waals surface area contributed by atoms with E-state index in [4.69, 9.17) is 4.74 Å². The maximum atomic E-state index is 12.0. The van der Waals surface area contributed by atoms with Gasteiger partial charge in [-0.15, -0.1) is 0 Å². The summed E-state index contributed by atoms with van der Waals surface area (Å²) in [5, 5.41) is 2.69. The van der Waals surface area contributed by atoms with Gasteiger partial charge >= 0.3 is 0 Å². The molecule has 1 amide bonds. The zero-order chi connectivity index (χ0) is 19.0. The van der Waals surface area contributed by atoms with E-state index in [1.165, 1.54) is 18.2 Å². The van der Waals surface area contributed by atoms with Crippen molar-refractivity contribution in [2.45, 2.75) is 18.2 Å². The fraction of sp³-hybridized carbons (Fsp3) is 0.211. The number of hydrogen-bond donors (Lipinski definition) is 2. The van der Waals surface area contributed by atoms with E-state index in [0.29, 0.717) is 24.4 Å². The van der Waals surface area contributed by atoms with Crippen molar-refractivity contribution >= 4 is 27.7 Å². The van der Waals surface area contributed by atoms with Crippen LogP contribution in [0.5, 0.6) is 5.75 Å². The Morgan fingerprint density at radius 1 is 1.12 bits per heavy atom. The maximum absolute atomic E-state index is 12.0. The van der Waals surface area contributed by atoms with Gasteiger partial charge in [0.2, 0.25) is 15.9 Å². The monoisotopic (exact) mass is 374 g/mol. The molecule has 0 unspecified atom stereocenters. The third-order valence-corrected chi connectivity index (χ3v) is 5.00. The number of hydrogen-bond acceptors (Lipinski definition) is 4. The number of anilines is 1. The maximum Gasteiger partial charge on any atom is 0.248 e. The van der Waals surface area contributed by atoms with Crippen LogP contribution in [0.2, 0.25) is 0 Å². The summed E-state index contributed by atoms with van der Waals surface area (Å²) in [7, 11) is -1.95. The number of para-hydroxylation sites is 1. The lowest BCUT2D eigenvalue weighted by atomic mass is 10.2. The molecule has 7 heteroatoms. The van der Waals surface area contributed by atoms with E-state index >= 15 is 0 Å². The second-order valence-electron chi connectivity index (χ2n) is 5.49. The molecule has 0 aromatic heterocycles. The molecule has 2 aromatic rings. The second kappa shape index (κ2) is 9.17. The van der Waals surface area contributed by atoms with Gasteiger partial charge in [0.05, 0.1) is 12.0 Å². The topological polar surface area (TPSA) is 84.5 Å². The number of methoxy groups -OCH3 is 1. The van der Waals surface area contributed by atoms with Crippen LogP contribution in [-0.4, -0.2) is 28.0 Å². The first-order chi connectivity index (χ1) is 12.5. The summed E-state index contributed by atoms with van der Waals surface area (Å²) >= 11 is 0. The standard InChI is InChI=1S/C19H22N2O4S/c1-3-14-20-26(23,24)17-11-9-16(10-12-17)21-19(22)13-8-15-6-4-5-7-18(15)25-2/h4-13,20H,3,14H2,1-2H3,(H,21,22). The Hall–Kier alpha value is -2.64. The lowest BCUT2D eigenvalue weighted by Crippen LogP contribution is -2.24. The minimum atomic E-state index is -3.51. The zero-order valence-corrected chi connectivity index (χ0v) is 15.5. The van der Waals surface area contributed by atoms with E-state index < -0.39 is 10.0 Å². The van der Waals surface area contributed by atoms with Gasteiger partial charge in [0.25, 0.3) is 0 Å². The summed E-state index contributed by atoms with van der Waals surface area (Å²) in [5.74, 6) is 0.348. The van der Waals surface area contributed by atoms with Gasteiger partial charge in [-0.3, -0.25) is 4.79 Å². The van der Waals surface area contributed by atoms with E-state index in [0.717, 1.165) is 5.56 Å². The fourth-order valence-corrected chi connectivity index (χ4v) is 3.32. The summed E-state index contributed by atoms with van der Waals surface area (Å²) < 4.78 is 31.8. The molecule has 2 aromatic carbocycles. The van der Waals surface area contributed by atoms with E-state index in [1.54, 1.807) is 25.3 Å². The molecular formula is C19H22N2O4S. The highest BCUT2D eigenvalue weighted by molar-refractivity contribution is 7.89. The average molecular weight is 374 g/mol. The predicted octanol–water partition coefficient (Wildman–Crippen LogP) is 3.04. The van der Waals surface area contributed by atoms with Crippen LogP contribution in [0, 0.1) is 0 Å². The molecule has 138 valence electrons. The van der Waals surface area contributed by atoms with Crippen LogP contribution in [0.3, 0.4) is 0 Å². The molecular weight excluding hydrogens is 352 g/mol. The van der Waals surface area contributed by atoms with Crippen molar-refractivity contribution in [3.8, 4) is 5.75 Å². The van der Waals surface area contributed by atoms with Crippen molar-refractivity contribution in [1.29, 1.82) is 0 Å². The molecule has 0 heterocycles. The summed E-state index contributed by atoms with van der Waals surface area (Å²) in [4.78, 5) is 12.2. The van der Waals surface area contributed by atoms with Crippen LogP contribution in [0.15, 0.2) is 59.5 Å². The fourth-order valence-electron chi connectivity index (χ4n) is 2.19. The Morgan fingerprint density at radius 3 is 2.46 bits per heavy atom. The summed E-state index contributed by atoms with van der Waals surface area (Å²) in [6, 6.07) is 13.4. The highest BCUT2D eigenvalue weighted by Crippen LogP contribution is 2.19. The number of carbonyl (C=O) groups is 1. The van der Waals surface area contributed by atoms with Crippen LogP contribution in [0.4, 0.5) is 5.69 Å². The van der Waals surface area contributed by atoms with Crippen molar-refractivity contribution in [3.63, 3.8) is 0 Å². The van der Waals surface area contributed by atoms with Crippen LogP contribution < -0.4 is 14.8 Å². The normalized spacial score (nSPS) is 11.5. The average Bonchev–Trinajstić information content (AvgIpc) is 2.65. The molecule has 0 spiro atoms. The highest BCUT2D eigenvalue weighted by atomic mass is 32.2. The molecule has 0 radical (unpaired) electrons. The molecule has 0 saturated heterocycles. The molecule has 0 bridgehead atoms. The third kappa shape index (κ3) is 5.44. The first kappa shape index (κ1) is 19.7. The van der Waals surface area contributed by atoms with Gasteiger partial charge in [-0.25, -0.2) is 13.1 Å². The van der Waals surface area contributed by atoms with Crippen LogP contribution in [0.1, 0.15) is 18.9 Å². The third-order valence-electron chi connectivity index (χ3n) is 3.53. The number of ether oxygens (including phenoxy) is 1. The van der Waals surface area contributed by atoms with Crippen LogP contribution in [-0.2, 0) is 14.8 Å². The second-order valence-corrected chi connectivity index (χ2v) is 7.25. The first-order valence-electron chi connectivity index (χ1n) is 8.18. The van der Waals surface area contributed by atoms with Gasteiger partial charge in [-0.1, -0.05) is 25.1 Å². The Bertz CT molecular complexity index is 875. The van der Waals surface area contributed by atoms with Crippen molar-refractivity contribution in [2.24, 2.45) is 0 Å². The first-order valence-corrected chi connectivity index (χ1v) is 9.66. The molecule has 6 nitrogen and oxygen atoms in total. The van der Waals surface area contributed by atoms with Crippen molar-refractivity contribution in [2.75, 3.05) is 19.0 Å². The SMILES string of the molecule is CCCNS(=O)(=O)c1ccc(NC(=O)C=Cc2ccccc2OC)cc1. The van der Waals surface area contributed by atoms with Crippen LogP contribution >= 0.6 is 0 Å². The zero-order valence-electron chi connectivity index (χ0n) is 14.7. The smallest absolute Gasteiger partial charge is 0.248 e. The lowest BCUT2D eigenvalue weighted by Gasteiger charge is -2.07. The largest absolute Gasteiger partial charge is 0.496 e. The van der Waals surface area contributed by atoms with E-state index in [9.17, 15) is 13.2 Å².